The number of carboxylic acids is 1. The van der Waals surface area contributed by atoms with Gasteiger partial charge in [-0.1, -0.05) is 24.3 Å². The Kier molecular flexibility index (Phi) is 7.16. The second kappa shape index (κ2) is 10.0. The van der Waals surface area contributed by atoms with Crippen LogP contribution >= 0.6 is 11.3 Å². The molecule has 0 aliphatic carbocycles. The van der Waals surface area contributed by atoms with Gasteiger partial charge >= 0.3 is 5.97 Å². The van der Waals surface area contributed by atoms with E-state index in [2.05, 4.69) is 15.2 Å². The SMILES string of the molecule is CCN(Cc1ccc(C(=O)NC(C)C(=O)O)cc1)c1nc(-c2cccc([N+](=O)[O-])c2)cs1. The lowest BCUT2D eigenvalue weighted by atomic mass is 10.1. The Hall–Kier alpha value is -3.79. The minimum absolute atomic E-state index is 0.0197. The van der Waals surface area contributed by atoms with E-state index in [-0.39, 0.29) is 5.69 Å². The van der Waals surface area contributed by atoms with Gasteiger partial charge in [-0.25, -0.2) is 4.98 Å². The van der Waals surface area contributed by atoms with Crippen molar-refractivity contribution in [1.82, 2.24) is 10.3 Å². The number of non-ortho nitro benzene ring substituents is 1. The fourth-order valence-corrected chi connectivity index (χ4v) is 3.86. The summed E-state index contributed by atoms with van der Waals surface area (Å²) in [5.74, 6) is -1.54. The van der Waals surface area contributed by atoms with Gasteiger partial charge in [-0.05, 0) is 31.5 Å². The smallest absolute Gasteiger partial charge is 0.325 e. The van der Waals surface area contributed by atoms with Crippen molar-refractivity contribution in [2.75, 3.05) is 11.4 Å². The van der Waals surface area contributed by atoms with Crippen molar-refractivity contribution in [3.63, 3.8) is 0 Å². The molecule has 0 radical (unpaired) electrons. The topological polar surface area (TPSA) is 126 Å². The minimum atomic E-state index is -1.10. The first-order chi connectivity index (χ1) is 15.3. The van der Waals surface area contributed by atoms with Crippen LogP contribution in [0.2, 0.25) is 0 Å². The average molecular weight is 455 g/mol. The molecule has 0 aliphatic heterocycles. The number of benzene rings is 2. The quantitative estimate of drug-likeness (QED) is 0.370. The summed E-state index contributed by atoms with van der Waals surface area (Å²) < 4.78 is 0. The molecule has 3 rings (SSSR count). The number of nitro benzene ring substituents is 1. The van der Waals surface area contributed by atoms with Gasteiger partial charge in [-0.3, -0.25) is 19.7 Å². The number of nitrogens with one attached hydrogen (secondary N) is 1. The van der Waals surface area contributed by atoms with E-state index in [1.165, 1.54) is 30.4 Å². The fraction of sp³-hybridized carbons (Fsp3) is 0.227. The van der Waals surface area contributed by atoms with Crippen LogP contribution in [-0.4, -0.2) is 39.5 Å². The van der Waals surface area contributed by atoms with E-state index < -0.39 is 22.8 Å². The van der Waals surface area contributed by atoms with Crippen LogP contribution in [0.15, 0.2) is 53.9 Å². The molecule has 9 nitrogen and oxygen atoms in total. The number of nitrogens with zero attached hydrogens (tertiary/aromatic N) is 3. The number of rotatable bonds is 9. The van der Waals surface area contributed by atoms with Crippen molar-refractivity contribution in [1.29, 1.82) is 0 Å². The minimum Gasteiger partial charge on any atom is -0.480 e. The van der Waals surface area contributed by atoms with Crippen LogP contribution in [0.4, 0.5) is 10.8 Å². The standard InChI is InChI=1S/C22H22N4O5S/c1-3-25(12-15-7-9-16(10-8-15)20(27)23-14(2)21(28)29)22-24-19(13-32-22)17-5-4-6-18(11-17)26(30)31/h4-11,13-14H,3,12H2,1-2H3,(H,23,27)(H,28,29). The molecule has 0 spiro atoms. The number of hydrogen-bond donors (Lipinski definition) is 2. The molecular formula is C22H22N4O5S. The monoisotopic (exact) mass is 454 g/mol. The number of amides is 1. The van der Waals surface area contributed by atoms with Crippen LogP contribution in [0.5, 0.6) is 0 Å². The molecular weight excluding hydrogens is 432 g/mol. The lowest BCUT2D eigenvalue weighted by Crippen LogP contribution is -2.38. The maximum atomic E-state index is 12.1. The van der Waals surface area contributed by atoms with Crippen LogP contribution < -0.4 is 10.2 Å². The van der Waals surface area contributed by atoms with E-state index in [1.807, 2.05) is 24.4 Å². The summed E-state index contributed by atoms with van der Waals surface area (Å²) >= 11 is 1.45. The third kappa shape index (κ3) is 5.46. The predicted molar refractivity (Wildman–Crippen MR) is 122 cm³/mol. The number of anilines is 1. The molecule has 0 fully saturated rings. The van der Waals surface area contributed by atoms with E-state index in [1.54, 1.807) is 24.3 Å². The molecule has 0 saturated carbocycles. The van der Waals surface area contributed by atoms with Crippen LogP contribution in [0, 0.1) is 10.1 Å². The number of aliphatic carboxylic acids is 1. The maximum Gasteiger partial charge on any atom is 0.325 e. The third-order valence-electron chi connectivity index (χ3n) is 4.80. The molecule has 1 heterocycles. The number of thiazole rings is 1. The lowest BCUT2D eigenvalue weighted by molar-refractivity contribution is -0.384. The van der Waals surface area contributed by atoms with Gasteiger partial charge in [0.2, 0.25) is 0 Å². The van der Waals surface area contributed by atoms with E-state index in [9.17, 15) is 19.7 Å². The number of carbonyl (C=O) groups excluding carboxylic acids is 1. The van der Waals surface area contributed by atoms with Crippen LogP contribution in [0.25, 0.3) is 11.3 Å². The molecule has 166 valence electrons. The summed E-state index contributed by atoms with van der Waals surface area (Å²) in [5, 5.41) is 25.0. The summed E-state index contributed by atoms with van der Waals surface area (Å²) in [4.78, 5) is 40.3. The number of nitro groups is 1. The van der Waals surface area contributed by atoms with Gasteiger partial charge in [0, 0.05) is 41.7 Å². The lowest BCUT2D eigenvalue weighted by Gasteiger charge is -2.20. The Labute approximate surface area is 188 Å². The summed E-state index contributed by atoms with van der Waals surface area (Å²) in [6.07, 6.45) is 0. The van der Waals surface area contributed by atoms with Crippen molar-refractivity contribution >= 4 is 34.0 Å². The Morgan fingerprint density at radius 3 is 2.59 bits per heavy atom. The van der Waals surface area contributed by atoms with Crippen LogP contribution in [0.3, 0.4) is 0 Å². The van der Waals surface area contributed by atoms with Gasteiger partial charge in [0.05, 0.1) is 10.6 Å². The van der Waals surface area contributed by atoms with Crippen LogP contribution in [0.1, 0.15) is 29.8 Å². The van der Waals surface area contributed by atoms with Crippen LogP contribution in [-0.2, 0) is 11.3 Å². The number of carbonyl (C=O) groups is 2. The molecule has 32 heavy (non-hydrogen) atoms. The van der Waals surface area contributed by atoms with E-state index in [4.69, 9.17) is 5.11 Å². The van der Waals surface area contributed by atoms with Gasteiger partial charge in [-0.2, -0.15) is 0 Å². The van der Waals surface area contributed by atoms with E-state index in [0.29, 0.717) is 29.9 Å². The molecule has 1 amide bonds. The first kappa shape index (κ1) is 22.9. The Bertz CT molecular complexity index is 1130. The molecule has 1 aromatic heterocycles. The van der Waals surface area contributed by atoms with Gasteiger partial charge in [0.1, 0.15) is 6.04 Å². The highest BCUT2D eigenvalue weighted by Gasteiger charge is 2.16. The largest absolute Gasteiger partial charge is 0.480 e. The third-order valence-corrected chi connectivity index (χ3v) is 5.71. The van der Waals surface area contributed by atoms with Crippen molar-refractivity contribution in [3.8, 4) is 11.3 Å². The molecule has 10 heteroatoms. The summed E-state index contributed by atoms with van der Waals surface area (Å²) in [6.45, 7) is 4.67. The summed E-state index contributed by atoms with van der Waals surface area (Å²) in [5.41, 5.74) is 2.72. The van der Waals surface area contributed by atoms with Crippen molar-refractivity contribution in [2.45, 2.75) is 26.4 Å². The van der Waals surface area contributed by atoms with E-state index >= 15 is 0 Å². The summed E-state index contributed by atoms with van der Waals surface area (Å²) in [7, 11) is 0. The second-order valence-corrected chi connectivity index (χ2v) is 7.90. The molecule has 1 atom stereocenters. The molecule has 0 aliphatic rings. The highest BCUT2D eigenvalue weighted by molar-refractivity contribution is 7.14. The molecule has 2 N–H and O–H groups in total. The summed E-state index contributed by atoms with van der Waals surface area (Å²) in [6, 6.07) is 12.4. The molecule has 0 bridgehead atoms. The number of hydrogen-bond acceptors (Lipinski definition) is 7. The zero-order valence-corrected chi connectivity index (χ0v) is 18.3. The Morgan fingerprint density at radius 2 is 1.97 bits per heavy atom. The predicted octanol–water partition coefficient (Wildman–Crippen LogP) is 3.95. The normalized spacial score (nSPS) is 11.6. The van der Waals surface area contributed by atoms with Crippen molar-refractivity contribution < 1.29 is 19.6 Å². The van der Waals surface area contributed by atoms with Crippen molar-refractivity contribution in [2.24, 2.45) is 0 Å². The molecule has 1 unspecified atom stereocenters. The molecule has 0 saturated heterocycles. The van der Waals surface area contributed by atoms with Gasteiger partial charge in [-0.15, -0.1) is 11.3 Å². The second-order valence-electron chi connectivity index (χ2n) is 7.07. The highest BCUT2D eigenvalue weighted by Crippen LogP contribution is 2.30. The Balaban J connectivity index is 1.71. The van der Waals surface area contributed by atoms with Gasteiger partial charge in [0.25, 0.3) is 11.6 Å². The maximum absolute atomic E-state index is 12.1. The highest BCUT2D eigenvalue weighted by atomic mass is 32.1. The van der Waals surface area contributed by atoms with Gasteiger partial charge in [0.15, 0.2) is 5.13 Å². The number of carboxylic acid groups (broad SMARTS) is 1. The average Bonchev–Trinajstić information content (AvgIpc) is 3.28. The Morgan fingerprint density at radius 1 is 1.25 bits per heavy atom. The van der Waals surface area contributed by atoms with E-state index in [0.717, 1.165) is 10.7 Å². The zero-order chi connectivity index (χ0) is 23.3. The van der Waals surface area contributed by atoms with Crippen molar-refractivity contribution in [3.05, 3.63) is 75.2 Å². The fourth-order valence-electron chi connectivity index (χ4n) is 2.96. The first-order valence-electron chi connectivity index (χ1n) is 9.86. The number of aromatic nitrogens is 1. The zero-order valence-electron chi connectivity index (χ0n) is 17.5. The first-order valence-corrected chi connectivity index (χ1v) is 10.7. The van der Waals surface area contributed by atoms with Gasteiger partial charge < -0.3 is 15.3 Å². The molecule has 3 aromatic rings. The molecule has 2 aromatic carbocycles.